The van der Waals surface area contributed by atoms with Crippen molar-refractivity contribution >= 4 is 29.1 Å². The molecule has 0 aliphatic rings. The Morgan fingerprint density at radius 1 is 1.25 bits per heavy atom. The maximum atomic E-state index is 12.3. The van der Waals surface area contributed by atoms with Crippen molar-refractivity contribution in [3.63, 3.8) is 0 Å². The number of nitrogens with zero attached hydrogens (tertiary/aromatic N) is 2. The van der Waals surface area contributed by atoms with Crippen molar-refractivity contribution in [2.75, 3.05) is 7.05 Å². The lowest BCUT2D eigenvalue weighted by atomic mass is 10.1. The van der Waals surface area contributed by atoms with E-state index in [2.05, 4.69) is 9.97 Å². The van der Waals surface area contributed by atoms with Crippen molar-refractivity contribution < 1.29 is 4.79 Å². The molecule has 1 aromatic heterocycles. The number of aryl methyl sites for hydroxylation is 2. The second-order valence-electron chi connectivity index (χ2n) is 5.71. The van der Waals surface area contributed by atoms with Crippen LogP contribution in [0.5, 0.6) is 0 Å². The number of halogens is 2. The molecule has 0 spiro atoms. The van der Waals surface area contributed by atoms with E-state index in [4.69, 9.17) is 23.2 Å². The molecule has 1 N–H and O–H groups in total. The zero-order valence-electron chi connectivity index (χ0n) is 13.8. The normalized spacial score (nSPS) is 10.7. The van der Waals surface area contributed by atoms with E-state index in [0.29, 0.717) is 40.1 Å². The van der Waals surface area contributed by atoms with Crippen molar-refractivity contribution in [1.29, 1.82) is 0 Å². The van der Waals surface area contributed by atoms with E-state index in [9.17, 15) is 9.59 Å². The molecule has 0 atom stereocenters. The molecule has 24 heavy (non-hydrogen) atoms. The summed E-state index contributed by atoms with van der Waals surface area (Å²) in [6.07, 6.45) is 0.603. The van der Waals surface area contributed by atoms with E-state index in [1.54, 1.807) is 37.9 Å². The van der Waals surface area contributed by atoms with Gasteiger partial charge in [-0.1, -0.05) is 29.3 Å². The van der Waals surface area contributed by atoms with E-state index in [0.717, 1.165) is 5.56 Å². The Kier molecular flexibility index (Phi) is 6.02. The Hall–Kier alpha value is -1.85. The molecule has 1 aromatic carbocycles. The molecule has 2 rings (SSSR count). The van der Waals surface area contributed by atoms with Crippen LogP contribution in [-0.4, -0.2) is 27.8 Å². The average molecular weight is 368 g/mol. The number of benzene rings is 1. The minimum Gasteiger partial charge on any atom is -0.341 e. The van der Waals surface area contributed by atoms with Crippen LogP contribution in [0.4, 0.5) is 0 Å². The van der Waals surface area contributed by atoms with Crippen molar-refractivity contribution in [3.8, 4) is 0 Å². The first kappa shape index (κ1) is 18.5. The Bertz CT molecular complexity index is 818. The van der Waals surface area contributed by atoms with Gasteiger partial charge in [-0.15, -0.1) is 0 Å². The third-order valence-corrected chi connectivity index (χ3v) is 4.50. The first-order valence-electron chi connectivity index (χ1n) is 7.52. The fraction of sp³-hybridized carbons (Fsp3) is 0.353. The lowest BCUT2D eigenvalue weighted by molar-refractivity contribution is -0.130. The number of aromatic amines is 1. The quantitative estimate of drug-likeness (QED) is 0.881. The van der Waals surface area contributed by atoms with Crippen molar-refractivity contribution in [3.05, 3.63) is 61.2 Å². The van der Waals surface area contributed by atoms with Gasteiger partial charge >= 0.3 is 0 Å². The second-order valence-corrected chi connectivity index (χ2v) is 6.53. The summed E-state index contributed by atoms with van der Waals surface area (Å²) in [5.41, 5.74) is 1.93. The molecule has 1 heterocycles. The molecule has 0 radical (unpaired) electrons. The predicted octanol–water partition coefficient (Wildman–Crippen LogP) is 3.28. The molecule has 0 bridgehead atoms. The summed E-state index contributed by atoms with van der Waals surface area (Å²) >= 11 is 11.9. The predicted molar refractivity (Wildman–Crippen MR) is 95.6 cm³/mol. The molecule has 2 aromatic rings. The molecule has 0 fully saturated rings. The SMILES string of the molecule is Cc1nc(C)c(CCC(=O)N(C)Cc2ccc(Cl)c(Cl)c2)c(=O)[nH]1. The molecular weight excluding hydrogens is 349 g/mol. The highest BCUT2D eigenvalue weighted by Gasteiger charge is 2.13. The standard InChI is InChI=1S/C17H19Cl2N3O2/c1-10-13(17(24)21-11(2)20-10)5-7-16(23)22(3)9-12-4-6-14(18)15(19)8-12/h4,6,8H,5,7,9H2,1-3H3,(H,20,21,24). The molecule has 0 saturated heterocycles. The van der Waals surface area contributed by atoms with E-state index in [-0.39, 0.29) is 17.9 Å². The van der Waals surface area contributed by atoms with Crippen LogP contribution in [0.15, 0.2) is 23.0 Å². The number of nitrogens with one attached hydrogen (secondary N) is 1. The molecule has 5 nitrogen and oxygen atoms in total. The van der Waals surface area contributed by atoms with Gasteiger partial charge in [0.25, 0.3) is 5.56 Å². The lowest BCUT2D eigenvalue weighted by Gasteiger charge is -2.17. The zero-order chi connectivity index (χ0) is 17.9. The highest BCUT2D eigenvalue weighted by molar-refractivity contribution is 6.42. The molecule has 7 heteroatoms. The first-order chi connectivity index (χ1) is 11.3. The van der Waals surface area contributed by atoms with Crippen LogP contribution < -0.4 is 5.56 Å². The van der Waals surface area contributed by atoms with E-state index in [1.807, 2.05) is 6.07 Å². The largest absolute Gasteiger partial charge is 0.341 e. The van der Waals surface area contributed by atoms with Gasteiger partial charge in [-0.3, -0.25) is 9.59 Å². The number of rotatable bonds is 5. The van der Waals surface area contributed by atoms with Gasteiger partial charge in [0, 0.05) is 31.3 Å². The minimum absolute atomic E-state index is 0.0551. The van der Waals surface area contributed by atoms with Gasteiger partial charge in [-0.05, 0) is 38.0 Å². The Balaban J connectivity index is 1.99. The fourth-order valence-corrected chi connectivity index (χ4v) is 2.79. The Labute approximate surface area is 150 Å². The van der Waals surface area contributed by atoms with Crippen LogP contribution in [0.3, 0.4) is 0 Å². The van der Waals surface area contributed by atoms with Gasteiger partial charge in [0.15, 0.2) is 0 Å². The van der Waals surface area contributed by atoms with Crippen molar-refractivity contribution in [2.45, 2.75) is 33.2 Å². The third kappa shape index (κ3) is 4.58. The van der Waals surface area contributed by atoms with Gasteiger partial charge in [0.2, 0.25) is 5.91 Å². The number of H-pyrrole nitrogens is 1. The van der Waals surface area contributed by atoms with Crippen LogP contribution in [0, 0.1) is 13.8 Å². The second kappa shape index (κ2) is 7.81. The average Bonchev–Trinajstić information content (AvgIpc) is 2.49. The molecular formula is C17H19Cl2N3O2. The van der Waals surface area contributed by atoms with E-state index < -0.39 is 0 Å². The zero-order valence-corrected chi connectivity index (χ0v) is 15.3. The van der Waals surface area contributed by atoms with Gasteiger partial charge in [-0.2, -0.15) is 0 Å². The van der Waals surface area contributed by atoms with Gasteiger partial charge in [0.1, 0.15) is 5.82 Å². The Morgan fingerprint density at radius 3 is 2.58 bits per heavy atom. The summed E-state index contributed by atoms with van der Waals surface area (Å²) in [5.74, 6) is 0.518. The van der Waals surface area contributed by atoms with Crippen LogP contribution in [0.2, 0.25) is 10.0 Å². The molecule has 0 aliphatic heterocycles. The van der Waals surface area contributed by atoms with Crippen LogP contribution in [-0.2, 0) is 17.8 Å². The third-order valence-electron chi connectivity index (χ3n) is 3.76. The van der Waals surface area contributed by atoms with E-state index in [1.165, 1.54) is 0 Å². The summed E-state index contributed by atoms with van der Waals surface area (Å²) < 4.78 is 0. The highest BCUT2D eigenvalue weighted by atomic mass is 35.5. The van der Waals surface area contributed by atoms with Crippen molar-refractivity contribution in [2.24, 2.45) is 0 Å². The number of carbonyl (C=O) groups excluding carboxylic acids is 1. The number of hydrogen-bond acceptors (Lipinski definition) is 3. The fourth-order valence-electron chi connectivity index (χ4n) is 2.47. The maximum Gasteiger partial charge on any atom is 0.254 e. The minimum atomic E-state index is -0.181. The number of aromatic nitrogens is 2. The number of hydrogen-bond donors (Lipinski definition) is 1. The van der Waals surface area contributed by atoms with Crippen LogP contribution >= 0.6 is 23.2 Å². The summed E-state index contributed by atoms with van der Waals surface area (Å²) in [5, 5.41) is 0.943. The highest BCUT2D eigenvalue weighted by Crippen LogP contribution is 2.23. The topological polar surface area (TPSA) is 66.1 Å². The Morgan fingerprint density at radius 2 is 1.96 bits per heavy atom. The first-order valence-corrected chi connectivity index (χ1v) is 8.28. The molecule has 128 valence electrons. The van der Waals surface area contributed by atoms with Crippen LogP contribution in [0.25, 0.3) is 0 Å². The summed E-state index contributed by atoms with van der Waals surface area (Å²) in [4.78, 5) is 32.8. The summed E-state index contributed by atoms with van der Waals surface area (Å²) in [6, 6.07) is 5.28. The molecule has 0 unspecified atom stereocenters. The summed E-state index contributed by atoms with van der Waals surface area (Å²) in [7, 11) is 1.72. The van der Waals surface area contributed by atoms with E-state index >= 15 is 0 Å². The van der Waals surface area contributed by atoms with Gasteiger partial charge in [-0.25, -0.2) is 4.98 Å². The van der Waals surface area contributed by atoms with Crippen molar-refractivity contribution in [1.82, 2.24) is 14.9 Å². The number of carbonyl (C=O) groups is 1. The monoisotopic (exact) mass is 367 g/mol. The van der Waals surface area contributed by atoms with Gasteiger partial charge < -0.3 is 9.88 Å². The molecule has 1 amide bonds. The maximum absolute atomic E-state index is 12.3. The molecule has 0 saturated carbocycles. The molecule has 0 aliphatic carbocycles. The smallest absolute Gasteiger partial charge is 0.254 e. The summed E-state index contributed by atoms with van der Waals surface area (Å²) in [6.45, 7) is 3.94. The lowest BCUT2D eigenvalue weighted by Crippen LogP contribution is -2.27. The van der Waals surface area contributed by atoms with Gasteiger partial charge in [0.05, 0.1) is 10.0 Å². The van der Waals surface area contributed by atoms with Crippen LogP contribution in [0.1, 0.15) is 29.1 Å². The number of amides is 1.